The molecule has 0 aliphatic carbocycles. The molecule has 0 amide bonds. The van der Waals surface area contributed by atoms with Crippen LogP contribution in [0, 0.1) is 4.77 Å². The second kappa shape index (κ2) is 5.24. The van der Waals surface area contributed by atoms with E-state index in [2.05, 4.69) is 20.9 Å². The molecule has 0 aliphatic heterocycles. The summed E-state index contributed by atoms with van der Waals surface area (Å²) in [5, 5.41) is 0.668. The van der Waals surface area contributed by atoms with Gasteiger partial charge in [-0.25, -0.2) is 0 Å². The Bertz CT molecular complexity index is 856. The van der Waals surface area contributed by atoms with Crippen LogP contribution >= 0.6 is 39.7 Å². The van der Waals surface area contributed by atoms with Gasteiger partial charge in [-0.3, -0.25) is 4.57 Å². The number of rotatable bonds is 2. The molecule has 1 N–H and O–H groups in total. The summed E-state index contributed by atoms with van der Waals surface area (Å²) in [4.78, 5) is 3.18. The number of H-pyrrole nitrogens is 1. The summed E-state index contributed by atoms with van der Waals surface area (Å²) in [6, 6.07) is 11.5. The number of methoxy groups -OCH3 is 1. The van der Waals surface area contributed by atoms with Crippen LogP contribution < -0.4 is 4.74 Å². The van der Waals surface area contributed by atoms with Crippen LogP contribution in [0.4, 0.5) is 0 Å². The normalized spacial score (nSPS) is 10.9. The lowest BCUT2D eigenvalue weighted by Gasteiger charge is -2.06. The first kappa shape index (κ1) is 13.7. The largest absolute Gasteiger partial charge is 0.497 e. The highest BCUT2D eigenvalue weighted by atomic mass is 79.9. The molecular formula is C14H10BrClN2OS. The van der Waals surface area contributed by atoms with Gasteiger partial charge in [0.25, 0.3) is 0 Å². The topological polar surface area (TPSA) is 29.9 Å². The number of aromatic amines is 1. The van der Waals surface area contributed by atoms with Crippen LogP contribution in [0.25, 0.3) is 16.7 Å². The smallest absolute Gasteiger partial charge is 0.182 e. The van der Waals surface area contributed by atoms with E-state index in [-0.39, 0.29) is 0 Å². The second-order valence-corrected chi connectivity index (χ2v) is 5.90. The third kappa shape index (κ3) is 2.26. The van der Waals surface area contributed by atoms with Crippen LogP contribution in [0.1, 0.15) is 0 Å². The van der Waals surface area contributed by atoms with Crippen molar-refractivity contribution in [3.05, 3.63) is 50.7 Å². The van der Waals surface area contributed by atoms with E-state index in [1.165, 1.54) is 0 Å². The van der Waals surface area contributed by atoms with E-state index in [9.17, 15) is 0 Å². The van der Waals surface area contributed by atoms with Gasteiger partial charge in [-0.2, -0.15) is 0 Å². The molecule has 6 heteroatoms. The SMILES string of the molecule is COc1ccc2c(c1)[nH]c(=S)n2-c1ccc(Cl)c(Br)c1. The lowest BCUT2D eigenvalue weighted by Crippen LogP contribution is -1.94. The minimum atomic E-state index is 0.627. The summed E-state index contributed by atoms with van der Waals surface area (Å²) in [5.74, 6) is 0.790. The van der Waals surface area contributed by atoms with Gasteiger partial charge in [0, 0.05) is 16.2 Å². The molecule has 1 aromatic heterocycles. The summed E-state index contributed by atoms with van der Waals surface area (Å²) in [7, 11) is 1.64. The van der Waals surface area contributed by atoms with Gasteiger partial charge in [0.05, 0.1) is 23.2 Å². The van der Waals surface area contributed by atoms with Gasteiger partial charge in [0.2, 0.25) is 0 Å². The molecule has 0 unspecified atom stereocenters. The monoisotopic (exact) mass is 368 g/mol. The highest BCUT2D eigenvalue weighted by Crippen LogP contribution is 2.28. The molecule has 0 bridgehead atoms. The first-order valence-corrected chi connectivity index (χ1v) is 7.42. The van der Waals surface area contributed by atoms with Gasteiger partial charge >= 0.3 is 0 Å². The number of fused-ring (bicyclic) bond motifs is 1. The Morgan fingerprint density at radius 1 is 1.25 bits per heavy atom. The van der Waals surface area contributed by atoms with Crippen molar-refractivity contribution in [2.75, 3.05) is 7.11 Å². The Morgan fingerprint density at radius 2 is 2.05 bits per heavy atom. The Balaban J connectivity index is 2.27. The molecule has 3 nitrogen and oxygen atoms in total. The number of ether oxygens (including phenoxy) is 1. The van der Waals surface area contributed by atoms with Crippen molar-refractivity contribution < 1.29 is 4.74 Å². The highest BCUT2D eigenvalue weighted by molar-refractivity contribution is 9.10. The van der Waals surface area contributed by atoms with Gasteiger partial charge in [-0.15, -0.1) is 0 Å². The molecule has 3 rings (SSSR count). The third-order valence-corrected chi connectivity index (χ3v) is 4.55. The van der Waals surface area contributed by atoms with Crippen LogP contribution in [-0.2, 0) is 0 Å². The molecule has 20 heavy (non-hydrogen) atoms. The number of benzene rings is 2. The number of nitrogens with zero attached hydrogens (tertiary/aromatic N) is 1. The maximum atomic E-state index is 6.03. The second-order valence-electron chi connectivity index (χ2n) is 4.25. The number of imidazole rings is 1. The maximum Gasteiger partial charge on any atom is 0.182 e. The van der Waals surface area contributed by atoms with Crippen LogP contribution in [-0.4, -0.2) is 16.7 Å². The first-order valence-electron chi connectivity index (χ1n) is 5.84. The zero-order valence-corrected chi connectivity index (χ0v) is 13.6. The lowest BCUT2D eigenvalue weighted by molar-refractivity contribution is 0.415. The minimum Gasteiger partial charge on any atom is -0.497 e. The molecule has 3 aromatic rings. The molecule has 0 spiro atoms. The van der Waals surface area contributed by atoms with E-state index in [0.29, 0.717) is 9.79 Å². The Hall–Kier alpha value is -1.30. The zero-order valence-electron chi connectivity index (χ0n) is 10.5. The Labute approximate surface area is 134 Å². The van der Waals surface area contributed by atoms with Crippen LogP contribution in [0.2, 0.25) is 5.02 Å². The molecule has 0 saturated carbocycles. The van der Waals surface area contributed by atoms with Gasteiger partial charge in [0.15, 0.2) is 4.77 Å². The van der Waals surface area contributed by atoms with E-state index in [4.69, 9.17) is 28.6 Å². The molecule has 0 fully saturated rings. The summed E-state index contributed by atoms with van der Waals surface area (Å²) < 4.78 is 8.65. The summed E-state index contributed by atoms with van der Waals surface area (Å²) in [6.07, 6.45) is 0. The van der Waals surface area contributed by atoms with Gasteiger partial charge < -0.3 is 9.72 Å². The molecule has 0 saturated heterocycles. The van der Waals surface area contributed by atoms with Crippen molar-refractivity contribution in [2.24, 2.45) is 0 Å². The Kier molecular flexibility index (Phi) is 3.58. The van der Waals surface area contributed by atoms with E-state index < -0.39 is 0 Å². The molecular weight excluding hydrogens is 360 g/mol. The fraction of sp³-hybridized carbons (Fsp3) is 0.0714. The van der Waals surface area contributed by atoms with Crippen molar-refractivity contribution in [3.8, 4) is 11.4 Å². The third-order valence-electron chi connectivity index (χ3n) is 3.05. The van der Waals surface area contributed by atoms with Gasteiger partial charge in [0.1, 0.15) is 5.75 Å². The number of halogens is 2. The molecule has 2 aromatic carbocycles. The average molecular weight is 370 g/mol. The summed E-state index contributed by atoms with van der Waals surface area (Å²) >= 11 is 14.9. The summed E-state index contributed by atoms with van der Waals surface area (Å²) in [6.45, 7) is 0. The van der Waals surface area contributed by atoms with Gasteiger partial charge in [-0.1, -0.05) is 11.6 Å². The zero-order chi connectivity index (χ0) is 14.3. The maximum absolute atomic E-state index is 6.03. The standard InChI is InChI=1S/C14H10BrClN2OS/c1-19-9-3-5-13-12(7-9)17-14(20)18(13)8-2-4-11(16)10(15)6-8/h2-7H,1H3,(H,17,20). The Morgan fingerprint density at radius 3 is 2.75 bits per heavy atom. The fourth-order valence-electron chi connectivity index (χ4n) is 2.10. The first-order chi connectivity index (χ1) is 9.60. The van der Waals surface area contributed by atoms with Gasteiger partial charge in [-0.05, 0) is 58.5 Å². The minimum absolute atomic E-state index is 0.627. The van der Waals surface area contributed by atoms with Crippen molar-refractivity contribution >= 4 is 50.8 Å². The molecule has 1 heterocycles. The van der Waals surface area contributed by atoms with Crippen LogP contribution in [0.15, 0.2) is 40.9 Å². The number of hydrogen-bond donors (Lipinski definition) is 1. The van der Waals surface area contributed by atoms with Crippen LogP contribution in [0.5, 0.6) is 5.75 Å². The predicted octanol–water partition coefficient (Wildman–Crippen LogP) is 5.11. The lowest BCUT2D eigenvalue weighted by atomic mass is 10.2. The van der Waals surface area contributed by atoms with Crippen molar-refractivity contribution in [3.63, 3.8) is 0 Å². The molecule has 0 radical (unpaired) electrons. The number of hydrogen-bond acceptors (Lipinski definition) is 2. The quantitative estimate of drug-likeness (QED) is 0.636. The van der Waals surface area contributed by atoms with Crippen LogP contribution in [0.3, 0.4) is 0 Å². The molecule has 0 atom stereocenters. The van der Waals surface area contributed by atoms with Crippen molar-refractivity contribution in [1.29, 1.82) is 0 Å². The molecule has 102 valence electrons. The highest BCUT2D eigenvalue weighted by Gasteiger charge is 2.09. The fourth-order valence-corrected chi connectivity index (χ4v) is 2.90. The summed E-state index contributed by atoms with van der Waals surface area (Å²) in [5.41, 5.74) is 2.87. The number of nitrogens with one attached hydrogen (secondary N) is 1. The predicted molar refractivity (Wildman–Crippen MR) is 87.7 cm³/mol. The number of aromatic nitrogens is 2. The van der Waals surface area contributed by atoms with Crippen molar-refractivity contribution in [2.45, 2.75) is 0 Å². The van der Waals surface area contributed by atoms with E-state index in [1.54, 1.807) is 7.11 Å². The van der Waals surface area contributed by atoms with E-state index in [1.807, 2.05) is 41.0 Å². The average Bonchev–Trinajstić information content (AvgIpc) is 2.76. The van der Waals surface area contributed by atoms with Crippen molar-refractivity contribution in [1.82, 2.24) is 9.55 Å². The molecule has 0 aliphatic rings. The van der Waals surface area contributed by atoms with E-state index in [0.717, 1.165) is 26.9 Å². The van der Waals surface area contributed by atoms with E-state index >= 15 is 0 Å².